The number of alkyl carbamates (subject to hydrolysis) is 1. The number of carboxylic acid groups (broad SMARTS) is 1. The second-order valence-electron chi connectivity index (χ2n) is 7.47. The Balaban J connectivity index is 1.41. The van der Waals surface area contributed by atoms with Gasteiger partial charge in [-0.05, 0) is 22.3 Å². The van der Waals surface area contributed by atoms with Crippen LogP contribution in [0.1, 0.15) is 24.0 Å². The van der Waals surface area contributed by atoms with Gasteiger partial charge < -0.3 is 20.1 Å². The van der Waals surface area contributed by atoms with Gasteiger partial charge in [-0.3, -0.25) is 4.79 Å². The monoisotopic (exact) mass is 394 g/mol. The van der Waals surface area contributed by atoms with E-state index in [0.29, 0.717) is 13.1 Å². The third-order valence-corrected chi connectivity index (χ3v) is 5.71. The van der Waals surface area contributed by atoms with Gasteiger partial charge in [0.05, 0.1) is 0 Å². The lowest BCUT2D eigenvalue weighted by molar-refractivity contribution is -0.147. The van der Waals surface area contributed by atoms with Crippen molar-refractivity contribution in [2.24, 2.45) is 5.92 Å². The largest absolute Gasteiger partial charge is 0.480 e. The Morgan fingerprint density at radius 3 is 2.14 bits per heavy atom. The van der Waals surface area contributed by atoms with E-state index in [4.69, 9.17) is 4.74 Å². The van der Waals surface area contributed by atoms with Gasteiger partial charge in [0.15, 0.2) is 0 Å². The van der Waals surface area contributed by atoms with Gasteiger partial charge in [0.1, 0.15) is 12.6 Å². The van der Waals surface area contributed by atoms with Gasteiger partial charge >= 0.3 is 12.1 Å². The summed E-state index contributed by atoms with van der Waals surface area (Å²) in [7, 11) is 0. The van der Waals surface area contributed by atoms with Gasteiger partial charge in [-0.1, -0.05) is 48.5 Å². The molecule has 1 fully saturated rings. The molecule has 2 amide bonds. The average Bonchev–Trinajstić information content (AvgIpc) is 2.98. The molecule has 1 aliphatic heterocycles. The van der Waals surface area contributed by atoms with Crippen molar-refractivity contribution in [3.05, 3.63) is 59.7 Å². The zero-order valence-corrected chi connectivity index (χ0v) is 16.0. The Hall–Kier alpha value is -3.35. The molecule has 1 atom stereocenters. The standard InChI is InChI=1S/C22H22N2O5/c1-13(25)24-10-14(11-24)20(21(26)27)23-22(28)29-12-19-17-8-4-2-6-15(17)16-7-3-5-9-18(16)19/h2-9,14,19-20H,10-12H2,1H3,(H,23,28)(H,26,27)/t20-/m0/s1. The normalized spacial score (nSPS) is 16.4. The average molecular weight is 394 g/mol. The van der Waals surface area contributed by atoms with E-state index in [-0.39, 0.29) is 24.3 Å². The van der Waals surface area contributed by atoms with Crippen LogP contribution in [0.25, 0.3) is 11.1 Å². The Morgan fingerprint density at radius 2 is 1.62 bits per heavy atom. The Kier molecular flexibility index (Phi) is 4.96. The van der Waals surface area contributed by atoms with Crippen LogP contribution in [0, 0.1) is 5.92 Å². The topological polar surface area (TPSA) is 95.9 Å². The summed E-state index contributed by atoms with van der Waals surface area (Å²) in [4.78, 5) is 36.7. The summed E-state index contributed by atoms with van der Waals surface area (Å²) in [6.07, 6.45) is -0.763. The van der Waals surface area contributed by atoms with E-state index in [1.165, 1.54) is 6.92 Å². The molecule has 2 N–H and O–H groups in total. The van der Waals surface area contributed by atoms with Crippen LogP contribution in [0.4, 0.5) is 4.79 Å². The van der Waals surface area contributed by atoms with Crippen molar-refractivity contribution in [2.45, 2.75) is 18.9 Å². The predicted octanol–water partition coefficient (Wildman–Crippen LogP) is 2.46. The molecule has 0 saturated carbocycles. The first-order chi connectivity index (χ1) is 14.0. The summed E-state index contributed by atoms with van der Waals surface area (Å²) >= 11 is 0. The molecule has 4 rings (SSSR count). The zero-order chi connectivity index (χ0) is 20.5. The highest BCUT2D eigenvalue weighted by molar-refractivity contribution is 5.82. The molecule has 0 radical (unpaired) electrons. The first-order valence-electron chi connectivity index (χ1n) is 9.55. The number of benzene rings is 2. The SMILES string of the molecule is CC(=O)N1CC([C@H](NC(=O)OCC2c3ccccc3-c3ccccc32)C(=O)O)C1. The second kappa shape index (κ2) is 7.58. The van der Waals surface area contributed by atoms with E-state index in [1.807, 2.05) is 48.5 Å². The summed E-state index contributed by atoms with van der Waals surface area (Å²) in [6.45, 7) is 2.19. The van der Waals surface area contributed by atoms with E-state index in [2.05, 4.69) is 5.32 Å². The number of fused-ring (bicyclic) bond motifs is 3. The number of nitrogens with one attached hydrogen (secondary N) is 1. The molecule has 2 aromatic rings. The molecule has 0 unspecified atom stereocenters. The lowest BCUT2D eigenvalue weighted by Gasteiger charge is -2.41. The van der Waals surface area contributed by atoms with Gasteiger partial charge in [0.25, 0.3) is 0 Å². The third-order valence-electron chi connectivity index (χ3n) is 5.71. The van der Waals surface area contributed by atoms with E-state index >= 15 is 0 Å². The Bertz CT molecular complexity index is 922. The summed E-state index contributed by atoms with van der Waals surface area (Å²) in [5, 5.41) is 11.9. The molecule has 7 heteroatoms. The van der Waals surface area contributed by atoms with Crippen LogP contribution in [-0.4, -0.2) is 53.7 Å². The van der Waals surface area contributed by atoms with Crippen LogP contribution in [0.5, 0.6) is 0 Å². The number of aliphatic carboxylic acids is 1. The van der Waals surface area contributed by atoms with Crippen molar-refractivity contribution in [3.8, 4) is 11.1 Å². The molecule has 150 valence electrons. The van der Waals surface area contributed by atoms with E-state index in [9.17, 15) is 19.5 Å². The number of rotatable bonds is 5. The van der Waals surface area contributed by atoms with Crippen molar-refractivity contribution < 1.29 is 24.2 Å². The first-order valence-corrected chi connectivity index (χ1v) is 9.55. The van der Waals surface area contributed by atoms with Crippen molar-refractivity contribution in [1.82, 2.24) is 10.2 Å². The predicted molar refractivity (Wildman–Crippen MR) is 105 cm³/mol. The molecule has 1 heterocycles. The van der Waals surface area contributed by atoms with E-state index in [0.717, 1.165) is 22.3 Å². The maximum atomic E-state index is 12.3. The molecule has 0 aromatic heterocycles. The number of carbonyl (C=O) groups is 3. The molecule has 0 bridgehead atoms. The molecule has 29 heavy (non-hydrogen) atoms. The number of amides is 2. The zero-order valence-electron chi connectivity index (χ0n) is 16.0. The minimum Gasteiger partial charge on any atom is -0.480 e. The van der Waals surface area contributed by atoms with Crippen LogP contribution < -0.4 is 5.32 Å². The Morgan fingerprint density at radius 1 is 1.07 bits per heavy atom. The highest BCUT2D eigenvalue weighted by Crippen LogP contribution is 2.44. The summed E-state index contributed by atoms with van der Waals surface area (Å²) in [6, 6.07) is 14.9. The van der Waals surface area contributed by atoms with E-state index < -0.39 is 18.1 Å². The number of hydrogen-bond donors (Lipinski definition) is 2. The molecule has 2 aromatic carbocycles. The number of carboxylic acids is 1. The minimum atomic E-state index is -1.13. The quantitative estimate of drug-likeness (QED) is 0.812. The van der Waals surface area contributed by atoms with Crippen LogP contribution in [0.15, 0.2) is 48.5 Å². The van der Waals surface area contributed by atoms with Gasteiger partial charge in [-0.15, -0.1) is 0 Å². The third kappa shape index (κ3) is 3.55. The molecule has 2 aliphatic rings. The molecule has 1 aliphatic carbocycles. The van der Waals surface area contributed by atoms with E-state index in [1.54, 1.807) is 4.90 Å². The summed E-state index contributed by atoms with van der Waals surface area (Å²) in [5.41, 5.74) is 4.43. The van der Waals surface area contributed by atoms with Gasteiger partial charge in [-0.2, -0.15) is 0 Å². The first kappa shape index (κ1) is 19.0. The molecule has 0 spiro atoms. The lowest BCUT2D eigenvalue weighted by Crippen LogP contribution is -2.60. The van der Waals surface area contributed by atoms with Gasteiger partial charge in [0.2, 0.25) is 5.91 Å². The Labute approximate surface area is 168 Å². The smallest absolute Gasteiger partial charge is 0.407 e. The summed E-state index contributed by atoms with van der Waals surface area (Å²) in [5.74, 6) is -1.65. The van der Waals surface area contributed by atoms with Crippen molar-refractivity contribution in [2.75, 3.05) is 19.7 Å². The van der Waals surface area contributed by atoms with Crippen molar-refractivity contribution >= 4 is 18.0 Å². The highest BCUT2D eigenvalue weighted by Gasteiger charge is 2.40. The molecular weight excluding hydrogens is 372 g/mol. The van der Waals surface area contributed by atoms with Crippen LogP contribution in [0.3, 0.4) is 0 Å². The lowest BCUT2D eigenvalue weighted by atomic mass is 9.91. The number of nitrogens with zero attached hydrogens (tertiary/aromatic N) is 1. The second-order valence-corrected chi connectivity index (χ2v) is 7.47. The fourth-order valence-corrected chi connectivity index (χ4v) is 4.13. The maximum absolute atomic E-state index is 12.3. The highest BCUT2D eigenvalue weighted by atomic mass is 16.5. The maximum Gasteiger partial charge on any atom is 0.407 e. The van der Waals surface area contributed by atoms with Crippen LogP contribution >= 0.6 is 0 Å². The molecular formula is C22H22N2O5. The van der Waals surface area contributed by atoms with Crippen LogP contribution in [-0.2, 0) is 14.3 Å². The summed E-state index contributed by atoms with van der Waals surface area (Å²) < 4.78 is 5.42. The number of hydrogen-bond acceptors (Lipinski definition) is 4. The fourth-order valence-electron chi connectivity index (χ4n) is 4.13. The van der Waals surface area contributed by atoms with Gasteiger partial charge in [0, 0.05) is 31.8 Å². The number of likely N-dealkylation sites (tertiary alicyclic amines) is 1. The van der Waals surface area contributed by atoms with Crippen LogP contribution in [0.2, 0.25) is 0 Å². The van der Waals surface area contributed by atoms with Crippen molar-refractivity contribution in [3.63, 3.8) is 0 Å². The number of carbonyl (C=O) groups excluding carboxylic acids is 2. The minimum absolute atomic E-state index is 0.0895. The number of ether oxygens (including phenoxy) is 1. The van der Waals surface area contributed by atoms with Crippen molar-refractivity contribution in [1.29, 1.82) is 0 Å². The fraction of sp³-hybridized carbons (Fsp3) is 0.318. The molecule has 1 saturated heterocycles. The molecule has 7 nitrogen and oxygen atoms in total. The van der Waals surface area contributed by atoms with Gasteiger partial charge in [-0.25, -0.2) is 9.59 Å².